The zero-order chi connectivity index (χ0) is 15.7. The minimum Gasteiger partial charge on any atom is -0.337 e. The molecule has 2 aromatic carbocycles. The Kier molecular flexibility index (Phi) is 5.33. The van der Waals surface area contributed by atoms with Crippen molar-refractivity contribution in [1.29, 1.82) is 5.26 Å². The third-order valence-corrected chi connectivity index (χ3v) is 3.96. The molecule has 0 saturated carbocycles. The van der Waals surface area contributed by atoms with Crippen molar-refractivity contribution in [2.45, 2.75) is 6.92 Å². The Morgan fingerprint density at radius 2 is 1.91 bits per heavy atom. The molecule has 3 rings (SSSR count). The number of aryl methyl sites for hydroxylation is 1. The number of benzene rings is 2. The molecule has 0 fully saturated rings. The van der Waals surface area contributed by atoms with Gasteiger partial charge < -0.3 is 4.98 Å². The average Bonchev–Trinajstić information content (AvgIpc) is 2.89. The van der Waals surface area contributed by atoms with Crippen molar-refractivity contribution >= 4 is 58.3 Å². The van der Waals surface area contributed by atoms with Crippen LogP contribution in [0.25, 0.3) is 22.7 Å². The molecule has 1 aromatic heterocycles. The van der Waals surface area contributed by atoms with Crippen LogP contribution in [-0.2, 0) is 0 Å². The molecule has 6 heteroatoms. The maximum Gasteiger partial charge on any atom is 0.149 e. The fourth-order valence-corrected chi connectivity index (χ4v) is 2.70. The summed E-state index contributed by atoms with van der Waals surface area (Å²) in [4.78, 5) is 7.61. The van der Waals surface area contributed by atoms with Gasteiger partial charge in [0.25, 0.3) is 0 Å². The van der Waals surface area contributed by atoms with E-state index in [1.807, 2.05) is 25.1 Å². The number of allylic oxidation sites excluding steroid dienone is 1. The molecular formula is C17H12Cl3N3. The Balaban J connectivity index is 0.00000192. The summed E-state index contributed by atoms with van der Waals surface area (Å²) < 4.78 is 0. The maximum absolute atomic E-state index is 9.44. The van der Waals surface area contributed by atoms with Crippen molar-refractivity contribution in [3.63, 3.8) is 0 Å². The topological polar surface area (TPSA) is 52.5 Å². The number of imidazole rings is 1. The quantitative estimate of drug-likeness (QED) is 0.596. The minimum absolute atomic E-state index is 0. The molecule has 0 bridgehead atoms. The Bertz CT molecular complexity index is 916. The summed E-state index contributed by atoms with van der Waals surface area (Å²) in [6.07, 6.45) is 1.65. The highest BCUT2D eigenvalue weighted by molar-refractivity contribution is 6.37. The number of H-pyrrole nitrogens is 1. The monoisotopic (exact) mass is 363 g/mol. The fourth-order valence-electron chi connectivity index (χ4n) is 2.20. The van der Waals surface area contributed by atoms with Gasteiger partial charge >= 0.3 is 0 Å². The highest BCUT2D eigenvalue weighted by Gasteiger charge is 2.10. The van der Waals surface area contributed by atoms with E-state index in [0.29, 0.717) is 27.0 Å². The number of halogens is 3. The van der Waals surface area contributed by atoms with Crippen molar-refractivity contribution in [3.05, 3.63) is 63.4 Å². The molecule has 1 heterocycles. The molecule has 0 radical (unpaired) electrons. The van der Waals surface area contributed by atoms with Gasteiger partial charge in [0.15, 0.2) is 0 Å². The lowest BCUT2D eigenvalue weighted by atomic mass is 10.1. The number of nitriles is 1. The van der Waals surface area contributed by atoms with Crippen molar-refractivity contribution in [2.75, 3.05) is 0 Å². The molecule has 0 unspecified atom stereocenters. The van der Waals surface area contributed by atoms with Crippen molar-refractivity contribution < 1.29 is 0 Å². The van der Waals surface area contributed by atoms with Crippen LogP contribution in [-0.4, -0.2) is 9.97 Å². The highest BCUT2D eigenvalue weighted by Crippen LogP contribution is 2.28. The van der Waals surface area contributed by atoms with E-state index in [2.05, 4.69) is 16.0 Å². The SMILES string of the molecule is Cc1ccc2nc(/C(C#N)=C/c3c(Cl)cccc3Cl)[nH]c2c1.Cl. The summed E-state index contributed by atoms with van der Waals surface area (Å²) >= 11 is 12.3. The number of rotatable bonds is 2. The predicted octanol–water partition coefficient (Wildman–Crippen LogP) is 5.66. The Hall–Kier alpha value is -1.99. The number of aromatic amines is 1. The number of hydrogen-bond acceptors (Lipinski definition) is 2. The van der Waals surface area contributed by atoms with Crippen molar-refractivity contribution in [1.82, 2.24) is 9.97 Å². The zero-order valence-corrected chi connectivity index (χ0v) is 14.4. The third-order valence-electron chi connectivity index (χ3n) is 3.30. The second-order valence-corrected chi connectivity index (χ2v) is 5.73. The maximum atomic E-state index is 9.44. The molecule has 0 atom stereocenters. The number of nitrogens with one attached hydrogen (secondary N) is 1. The smallest absolute Gasteiger partial charge is 0.149 e. The van der Waals surface area contributed by atoms with Crippen LogP contribution in [0.1, 0.15) is 17.0 Å². The summed E-state index contributed by atoms with van der Waals surface area (Å²) in [7, 11) is 0. The predicted molar refractivity (Wildman–Crippen MR) is 98.0 cm³/mol. The van der Waals surface area contributed by atoms with Crippen LogP contribution < -0.4 is 0 Å². The van der Waals surface area contributed by atoms with Gasteiger partial charge in [-0.2, -0.15) is 5.26 Å². The summed E-state index contributed by atoms with van der Waals surface area (Å²) in [6.45, 7) is 2.00. The van der Waals surface area contributed by atoms with Crippen LogP contribution in [0.5, 0.6) is 0 Å². The molecule has 23 heavy (non-hydrogen) atoms. The standard InChI is InChI=1S/C17H11Cl2N3.ClH/c1-10-5-6-15-16(7-10)22-17(21-15)11(9-20)8-12-13(18)3-2-4-14(12)19;/h2-8H,1H3,(H,21,22);1H/b11-8+;. The lowest BCUT2D eigenvalue weighted by Gasteiger charge is -2.01. The van der Waals surface area contributed by atoms with E-state index in [-0.39, 0.29) is 12.4 Å². The molecule has 0 amide bonds. The average molecular weight is 365 g/mol. The third kappa shape index (κ3) is 3.51. The Morgan fingerprint density at radius 1 is 1.22 bits per heavy atom. The molecule has 0 saturated heterocycles. The van der Waals surface area contributed by atoms with E-state index in [4.69, 9.17) is 23.2 Å². The van der Waals surface area contributed by atoms with Gasteiger partial charge in [-0.05, 0) is 42.8 Å². The summed E-state index contributed by atoms with van der Waals surface area (Å²) in [6, 6.07) is 13.3. The molecule has 3 nitrogen and oxygen atoms in total. The van der Waals surface area contributed by atoms with Gasteiger partial charge in [-0.3, -0.25) is 0 Å². The van der Waals surface area contributed by atoms with E-state index in [1.54, 1.807) is 24.3 Å². The van der Waals surface area contributed by atoms with Crippen LogP contribution in [0, 0.1) is 18.3 Å². The molecule has 116 valence electrons. The van der Waals surface area contributed by atoms with E-state index >= 15 is 0 Å². The van der Waals surface area contributed by atoms with E-state index in [9.17, 15) is 5.26 Å². The number of hydrogen-bond donors (Lipinski definition) is 1. The van der Waals surface area contributed by atoms with Gasteiger partial charge in [-0.15, -0.1) is 12.4 Å². The van der Waals surface area contributed by atoms with Crippen LogP contribution in [0.4, 0.5) is 0 Å². The van der Waals surface area contributed by atoms with E-state index in [1.165, 1.54) is 0 Å². The largest absolute Gasteiger partial charge is 0.337 e. The lowest BCUT2D eigenvalue weighted by Crippen LogP contribution is -1.86. The summed E-state index contributed by atoms with van der Waals surface area (Å²) in [5.41, 5.74) is 3.82. The second kappa shape index (κ2) is 7.06. The Morgan fingerprint density at radius 3 is 2.57 bits per heavy atom. The zero-order valence-electron chi connectivity index (χ0n) is 12.1. The molecule has 0 aliphatic heterocycles. The molecule has 3 aromatic rings. The van der Waals surface area contributed by atoms with Crippen LogP contribution >= 0.6 is 35.6 Å². The Labute approximate surface area is 150 Å². The highest BCUT2D eigenvalue weighted by atomic mass is 35.5. The number of nitrogens with zero attached hydrogens (tertiary/aromatic N) is 2. The van der Waals surface area contributed by atoms with Gasteiger partial charge in [0.1, 0.15) is 11.9 Å². The minimum atomic E-state index is 0. The van der Waals surface area contributed by atoms with Crippen LogP contribution in [0.3, 0.4) is 0 Å². The van der Waals surface area contributed by atoms with Gasteiger partial charge in [0.05, 0.1) is 16.6 Å². The van der Waals surface area contributed by atoms with E-state index < -0.39 is 0 Å². The second-order valence-electron chi connectivity index (χ2n) is 4.91. The first-order chi connectivity index (χ1) is 10.6. The van der Waals surface area contributed by atoms with Gasteiger partial charge in [0.2, 0.25) is 0 Å². The lowest BCUT2D eigenvalue weighted by molar-refractivity contribution is 1.27. The first kappa shape index (κ1) is 17.4. The van der Waals surface area contributed by atoms with Crippen LogP contribution in [0.15, 0.2) is 36.4 Å². The van der Waals surface area contributed by atoms with Crippen molar-refractivity contribution in [2.24, 2.45) is 0 Å². The number of fused-ring (bicyclic) bond motifs is 1. The van der Waals surface area contributed by atoms with Crippen molar-refractivity contribution in [3.8, 4) is 6.07 Å². The molecular weight excluding hydrogens is 353 g/mol. The molecule has 0 aliphatic carbocycles. The first-order valence-corrected chi connectivity index (χ1v) is 7.36. The molecule has 1 N–H and O–H groups in total. The summed E-state index contributed by atoms with van der Waals surface area (Å²) in [5.74, 6) is 0.499. The fraction of sp³-hybridized carbons (Fsp3) is 0.0588. The van der Waals surface area contributed by atoms with Gasteiger partial charge in [0, 0.05) is 15.6 Å². The van der Waals surface area contributed by atoms with Crippen LogP contribution in [0.2, 0.25) is 10.0 Å². The first-order valence-electron chi connectivity index (χ1n) is 6.61. The van der Waals surface area contributed by atoms with Gasteiger partial charge in [-0.1, -0.05) is 35.3 Å². The summed E-state index contributed by atoms with van der Waals surface area (Å²) in [5, 5.41) is 10.4. The van der Waals surface area contributed by atoms with Gasteiger partial charge in [-0.25, -0.2) is 4.98 Å². The normalized spacial score (nSPS) is 11.1. The molecule has 0 spiro atoms. The molecule has 0 aliphatic rings. The number of aromatic nitrogens is 2. The van der Waals surface area contributed by atoms with E-state index in [0.717, 1.165) is 16.6 Å².